The van der Waals surface area contributed by atoms with Gasteiger partial charge < -0.3 is 4.74 Å². The van der Waals surface area contributed by atoms with E-state index in [-0.39, 0.29) is 6.04 Å². The van der Waals surface area contributed by atoms with Crippen LogP contribution in [0, 0.1) is 3.57 Å². The zero-order valence-electron chi connectivity index (χ0n) is 8.24. The van der Waals surface area contributed by atoms with Crippen molar-refractivity contribution in [2.24, 2.45) is 5.84 Å². The maximum atomic E-state index is 5.58. The van der Waals surface area contributed by atoms with Crippen molar-refractivity contribution in [3.8, 4) is 0 Å². The van der Waals surface area contributed by atoms with Crippen molar-refractivity contribution in [1.82, 2.24) is 5.43 Å². The summed E-state index contributed by atoms with van der Waals surface area (Å²) in [5.41, 5.74) is 3.96. The number of hydrazine groups is 1. The number of halogens is 1. The summed E-state index contributed by atoms with van der Waals surface area (Å²) in [7, 11) is 0. The minimum atomic E-state index is -0.0272. The van der Waals surface area contributed by atoms with Gasteiger partial charge in [-0.25, -0.2) is 5.43 Å². The van der Waals surface area contributed by atoms with Crippen LogP contribution >= 0.6 is 22.6 Å². The van der Waals surface area contributed by atoms with Crippen LogP contribution in [0.3, 0.4) is 0 Å². The second-order valence-corrected chi connectivity index (χ2v) is 4.53. The highest BCUT2D eigenvalue weighted by Crippen LogP contribution is 2.28. The van der Waals surface area contributed by atoms with E-state index in [9.17, 15) is 0 Å². The molecule has 0 aromatic heterocycles. The monoisotopic (exact) mass is 316 g/mol. The Morgan fingerprint density at radius 1 is 1.40 bits per heavy atom. The standard InChI is InChI=1S/C11H13IN2O/c12-9-5-2-1-4-8(9)11(14-13)10-6-3-7-15-10/h1-2,4-6,11,14H,3,7,13H2. The molecule has 1 heterocycles. The van der Waals surface area contributed by atoms with Gasteiger partial charge in [-0.1, -0.05) is 18.2 Å². The Morgan fingerprint density at radius 2 is 2.20 bits per heavy atom. The van der Waals surface area contributed by atoms with Gasteiger partial charge in [0.2, 0.25) is 0 Å². The van der Waals surface area contributed by atoms with Crippen LogP contribution in [0.4, 0.5) is 0 Å². The Labute approximate surface area is 103 Å². The molecule has 4 heteroatoms. The Morgan fingerprint density at radius 3 is 2.80 bits per heavy atom. The average molecular weight is 316 g/mol. The summed E-state index contributed by atoms with van der Waals surface area (Å²) in [5, 5.41) is 0. The number of benzene rings is 1. The topological polar surface area (TPSA) is 47.3 Å². The molecule has 1 aromatic carbocycles. The quantitative estimate of drug-likeness (QED) is 0.510. The van der Waals surface area contributed by atoms with Gasteiger partial charge in [0.25, 0.3) is 0 Å². The lowest BCUT2D eigenvalue weighted by atomic mass is 10.1. The molecule has 1 aromatic rings. The van der Waals surface area contributed by atoms with Crippen LogP contribution in [0.2, 0.25) is 0 Å². The summed E-state index contributed by atoms with van der Waals surface area (Å²) in [6.07, 6.45) is 3.06. The highest BCUT2D eigenvalue weighted by atomic mass is 127. The van der Waals surface area contributed by atoms with Crippen molar-refractivity contribution in [2.75, 3.05) is 6.61 Å². The molecule has 0 radical (unpaired) electrons. The van der Waals surface area contributed by atoms with Gasteiger partial charge in [0.1, 0.15) is 11.8 Å². The van der Waals surface area contributed by atoms with Crippen molar-refractivity contribution < 1.29 is 4.74 Å². The van der Waals surface area contributed by atoms with E-state index in [2.05, 4.69) is 46.2 Å². The molecule has 80 valence electrons. The number of nitrogens with one attached hydrogen (secondary N) is 1. The maximum absolute atomic E-state index is 5.58. The zero-order chi connectivity index (χ0) is 10.7. The second kappa shape index (κ2) is 4.96. The predicted octanol–water partition coefficient (Wildman–Crippen LogP) is 2.10. The third kappa shape index (κ3) is 2.32. The summed E-state index contributed by atoms with van der Waals surface area (Å²) < 4.78 is 6.72. The van der Waals surface area contributed by atoms with Crippen molar-refractivity contribution in [3.63, 3.8) is 0 Å². The van der Waals surface area contributed by atoms with E-state index in [1.807, 2.05) is 12.1 Å². The molecule has 0 bridgehead atoms. The molecule has 0 fully saturated rings. The first kappa shape index (κ1) is 10.9. The van der Waals surface area contributed by atoms with Crippen molar-refractivity contribution in [2.45, 2.75) is 12.5 Å². The summed E-state index contributed by atoms with van der Waals surface area (Å²) >= 11 is 2.31. The van der Waals surface area contributed by atoms with Gasteiger partial charge in [-0.2, -0.15) is 0 Å². The maximum Gasteiger partial charge on any atom is 0.115 e. The van der Waals surface area contributed by atoms with Crippen LogP contribution in [0.5, 0.6) is 0 Å². The van der Waals surface area contributed by atoms with Crippen molar-refractivity contribution >= 4 is 22.6 Å². The van der Waals surface area contributed by atoms with Crippen LogP contribution in [0.15, 0.2) is 36.1 Å². The highest BCUT2D eigenvalue weighted by Gasteiger charge is 2.20. The summed E-state index contributed by atoms with van der Waals surface area (Å²) in [6, 6.07) is 8.13. The fourth-order valence-corrected chi connectivity index (χ4v) is 2.37. The van der Waals surface area contributed by atoms with Crippen molar-refractivity contribution in [1.29, 1.82) is 0 Å². The van der Waals surface area contributed by atoms with Gasteiger partial charge in [-0.05, 0) is 40.3 Å². The number of hydrogen-bond donors (Lipinski definition) is 2. The van der Waals surface area contributed by atoms with Crippen LogP contribution in [0.1, 0.15) is 18.0 Å². The Balaban J connectivity index is 2.30. The molecule has 3 N–H and O–H groups in total. The number of rotatable bonds is 3. The van der Waals surface area contributed by atoms with Gasteiger partial charge in [-0.15, -0.1) is 0 Å². The van der Waals surface area contributed by atoms with E-state index in [1.54, 1.807) is 0 Å². The molecular formula is C11H13IN2O. The lowest BCUT2D eigenvalue weighted by molar-refractivity contribution is 0.215. The number of nitrogens with two attached hydrogens (primary N) is 1. The second-order valence-electron chi connectivity index (χ2n) is 3.36. The molecule has 0 saturated carbocycles. The summed E-state index contributed by atoms with van der Waals surface area (Å²) in [4.78, 5) is 0. The molecule has 1 aliphatic heterocycles. The molecule has 2 rings (SSSR count). The molecule has 3 nitrogen and oxygen atoms in total. The first-order chi connectivity index (χ1) is 7.33. The summed E-state index contributed by atoms with van der Waals surface area (Å²) in [6.45, 7) is 0.761. The van der Waals surface area contributed by atoms with E-state index in [0.29, 0.717) is 0 Å². The van der Waals surface area contributed by atoms with E-state index < -0.39 is 0 Å². The highest BCUT2D eigenvalue weighted by molar-refractivity contribution is 14.1. The average Bonchev–Trinajstić information content (AvgIpc) is 2.75. The van der Waals surface area contributed by atoms with Gasteiger partial charge in [0, 0.05) is 9.99 Å². The molecule has 0 saturated heterocycles. The number of ether oxygens (including phenoxy) is 1. The van der Waals surface area contributed by atoms with E-state index in [0.717, 1.165) is 24.4 Å². The lowest BCUT2D eigenvalue weighted by Gasteiger charge is -2.18. The van der Waals surface area contributed by atoms with E-state index >= 15 is 0 Å². The predicted molar refractivity (Wildman–Crippen MR) is 67.9 cm³/mol. The smallest absolute Gasteiger partial charge is 0.115 e. The Kier molecular flexibility index (Phi) is 3.61. The molecule has 0 aliphatic carbocycles. The van der Waals surface area contributed by atoms with Crippen LogP contribution < -0.4 is 11.3 Å². The summed E-state index contributed by atoms with van der Waals surface area (Å²) in [5.74, 6) is 6.51. The molecular weight excluding hydrogens is 303 g/mol. The van der Waals surface area contributed by atoms with Crippen LogP contribution in [-0.4, -0.2) is 6.61 Å². The molecule has 0 spiro atoms. The number of hydrogen-bond acceptors (Lipinski definition) is 3. The first-order valence-electron chi connectivity index (χ1n) is 4.86. The molecule has 1 unspecified atom stereocenters. The molecule has 15 heavy (non-hydrogen) atoms. The molecule has 1 aliphatic rings. The van der Waals surface area contributed by atoms with Crippen molar-refractivity contribution in [3.05, 3.63) is 45.2 Å². The minimum Gasteiger partial charge on any atom is -0.496 e. The lowest BCUT2D eigenvalue weighted by Crippen LogP contribution is -2.30. The third-order valence-electron chi connectivity index (χ3n) is 2.40. The fourth-order valence-electron chi connectivity index (χ4n) is 1.67. The molecule has 1 atom stereocenters. The fraction of sp³-hybridized carbons (Fsp3) is 0.273. The van der Waals surface area contributed by atoms with Gasteiger partial charge in [0.05, 0.1) is 6.61 Å². The van der Waals surface area contributed by atoms with Gasteiger partial charge in [0.15, 0.2) is 0 Å². The minimum absolute atomic E-state index is 0.0272. The third-order valence-corrected chi connectivity index (χ3v) is 3.38. The zero-order valence-corrected chi connectivity index (χ0v) is 10.4. The SMILES string of the molecule is NNC(C1=CCCO1)c1ccccc1I. The first-order valence-corrected chi connectivity index (χ1v) is 5.94. The largest absolute Gasteiger partial charge is 0.496 e. The van der Waals surface area contributed by atoms with E-state index in [1.165, 1.54) is 3.57 Å². The Bertz CT molecular complexity index is 379. The van der Waals surface area contributed by atoms with Gasteiger partial charge in [-0.3, -0.25) is 5.84 Å². The van der Waals surface area contributed by atoms with Crippen LogP contribution in [0.25, 0.3) is 0 Å². The van der Waals surface area contributed by atoms with Crippen LogP contribution in [-0.2, 0) is 4.74 Å². The Hall–Kier alpha value is -0.590. The normalized spacial score (nSPS) is 17.1. The molecule has 0 amide bonds. The van der Waals surface area contributed by atoms with E-state index in [4.69, 9.17) is 10.6 Å². The van der Waals surface area contributed by atoms with Gasteiger partial charge >= 0.3 is 0 Å².